The normalized spacial score (nSPS) is 12.0. The quantitative estimate of drug-likeness (QED) is 0.703. The molecule has 0 aliphatic heterocycles. The van der Waals surface area contributed by atoms with Crippen LogP contribution < -0.4 is 5.32 Å². The maximum absolute atomic E-state index is 12.9. The maximum atomic E-state index is 12.9. The average Bonchev–Trinajstić information content (AvgIpc) is 3.10. The Morgan fingerprint density at radius 3 is 2.65 bits per heavy atom. The van der Waals surface area contributed by atoms with Crippen molar-refractivity contribution in [1.82, 2.24) is 14.5 Å². The number of aromatic nitrogens is 3. The predicted octanol–water partition coefficient (Wildman–Crippen LogP) is 4.32. The zero-order valence-electron chi connectivity index (χ0n) is 12.4. The Morgan fingerprint density at radius 2 is 1.96 bits per heavy atom. The van der Waals surface area contributed by atoms with Gasteiger partial charge in [0.25, 0.3) is 0 Å². The molecule has 122 valence electrons. The number of nitrogens with zero attached hydrogens (tertiary/aromatic N) is 3. The second-order valence-electron chi connectivity index (χ2n) is 5.17. The van der Waals surface area contributed by atoms with Crippen LogP contribution in [0, 0.1) is 6.92 Å². The molecule has 0 saturated carbocycles. The van der Waals surface area contributed by atoms with E-state index in [-0.39, 0.29) is 5.82 Å². The molecule has 0 aromatic carbocycles. The average molecular weight is 340 g/mol. The molecule has 0 radical (unpaired) electrons. The zero-order valence-corrected chi connectivity index (χ0v) is 13.2. The molecular weight excluding hydrogens is 325 g/mol. The van der Waals surface area contributed by atoms with Crippen molar-refractivity contribution in [3.8, 4) is 0 Å². The molecule has 0 saturated heterocycles. The highest BCUT2D eigenvalue weighted by Crippen LogP contribution is 2.33. The number of aryl methyl sites for hydroxylation is 2. The van der Waals surface area contributed by atoms with E-state index in [2.05, 4.69) is 15.3 Å². The van der Waals surface area contributed by atoms with Crippen molar-refractivity contribution in [3.05, 3.63) is 41.3 Å². The fourth-order valence-corrected chi connectivity index (χ4v) is 3.17. The second-order valence-corrected chi connectivity index (χ2v) is 6.41. The molecule has 3 heterocycles. The second kappa shape index (κ2) is 6.19. The van der Waals surface area contributed by atoms with Crippen molar-refractivity contribution in [2.45, 2.75) is 26.1 Å². The van der Waals surface area contributed by atoms with Crippen LogP contribution in [-0.4, -0.2) is 21.1 Å². The molecule has 0 amide bonds. The highest BCUT2D eigenvalue weighted by molar-refractivity contribution is 7.18. The summed E-state index contributed by atoms with van der Waals surface area (Å²) in [4.78, 5) is 8.57. The lowest BCUT2D eigenvalue weighted by Crippen LogP contribution is -2.14. The third kappa shape index (κ3) is 3.64. The summed E-state index contributed by atoms with van der Waals surface area (Å²) in [6.07, 6.45) is 0.137. The molecule has 3 rings (SSSR count). The zero-order chi connectivity index (χ0) is 16.4. The molecular formula is C15H15F3N4S. The number of hydrogen-bond donors (Lipinski definition) is 1. The van der Waals surface area contributed by atoms with E-state index >= 15 is 0 Å². The predicted molar refractivity (Wildman–Crippen MR) is 84.7 cm³/mol. The molecule has 4 nitrogen and oxygen atoms in total. The number of anilines is 1. The van der Waals surface area contributed by atoms with E-state index in [0.29, 0.717) is 16.8 Å². The van der Waals surface area contributed by atoms with E-state index in [1.54, 1.807) is 0 Å². The molecule has 0 unspecified atom stereocenters. The third-order valence-corrected chi connectivity index (χ3v) is 4.27. The third-order valence-electron chi connectivity index (χ3n) is 3.32. The minimum absolute atomic E-state index is 0.249. The van der Waals surface area contributed by atoms with Crippen LogP contribution in [0.1, 0.15) is 17.1 Å². The van der Waals surface area contributed by atoms with Gasteiger partial charge < -0.3 is 9.88 Å². The first-order chi connectivity index (χ1) is 10.9. The lowest BCUT2D eigenvalue weighted by atomic mass is 10.3. The van der Waals surface area contributed by atoms with Crippen LogP contribution >= 0.6 is 11.3 Å². The summed E-state index contributed by atoms with van der Waals surface area (Å²) >= 11 is 1.24. The van der Waals surface area contributed by atoms with E-state index in [1.165, 1.54) is 11.3 Å². The summed E-state index contributed by atoms with van der Waals surface area (Å²) in [7, 11) is 0. The minimum Gasteiger partial charge on any atom is -0.369 e. The Morgan fingerprint density at radius 1 is 1.22 bits per heavy atom. The molecule has 3 aromatic rings. The minimum atomic E-state index is -4.55. The van der Waals surface area contributed by atoms with Gasteiger partial charge in [-0.3, -0.25) is 0 Å². The van der Waals surface area contributed by atoms with E-state index < -0.39 is 12.0 Å². The van der Waals surface area contributed by atoms with Gasteiger partial charge in [-0.15, -0.1) is 11.3 Å². The van der Waals surface area contributed by atoms with Gasteiger partial charge in [0, 0.05) is 30.4 Å². The highest BCUT2D eigenvalue weighted by atomic mass is 32.1. The van der Waals surface area contributed by atoms with Crippen LogP contribution in [0.15, 0.2) is 30.6 Å². The number of alkyl halides is 3. The van der Waals surface area contributed by atoms with E-state index in [9.17, 15) is 13.2 Å². The van der Waals surface area contributed by atoms with Crippen molar-refractivity contribution in [2.75, 3.05) is 11.9 Å². The molecule has 0 spiro atoms. The van der Waals surface area contributed by atoms with Gasteiger partial charge in [0.2, 0.25) is 5.82 Å². The summed E-state index contributed by atoms with van der Waals surface area (Å²) in [6.45, 7) is 3.18. The van der Waals surface area contributed by atoms with E-state index in [0.717, 1.165) is 17.8 Å². The molecule has 1 N–H and O–H groups in total. The number of fused-ring (bicyclic) bond motifs is 1. The van der Waals surface area contributed by atoms with Crippen LogP contribution in [0.3, 0.4) is 0 Å². The fraction of sp³-hybridized carbons (Fsp3) is 0.333. The monoisotopic (exact) mass is 340 g/mol. The molecule has 0 aliphatic carbocycles. The standard InChI is InChI=1S/C15H15F3N4S/c1-10-9-11-12(19-5-4-8-22-6-2-3-7-22)20-14(15(16,17)18)21-13(11)23-10/h2-3,6-7,9H,4-5,8H2,1H3,(H,19,20,21). The van der Waals surface area contributed by atoms with Crippen LogP contribution in [0.2, 0.25) is 0 Å². The molecule has 0 fully saturated rings. The highest BCUT2D eigenvalue weighted by Gasteiger charge is 2.35. The first kappa shape index (κ1) is 15.8. The van der Waals surface area contributed by atoms with Crippen LogP contribution in [0.4, 0.5) is 19.0 Å². The summed E-state index contributed by atoms with van der Waals surface area (Å²) in [5.74, 6) is -0.848. The summed E-state index contributed by atoms with van der Waals surface area (Å²) < 4.78 is 40.8. The Bertz CT molecular complexity index is 793. The van der Waals surface area contributed by atoms with Gasteiger partial charge in [0.1, 0.15) is 10.6 Å². The molecule has 0 atom stereocenters. The first-order valence-corrected chi connectivity index (χ1v) is 7.95. The van der Waals surface area contributed by atoms with Crippen molar-refractivity contribution < 1.29 is 13.2 Å². The lowest BCUT2D eigenvalue weighted by molar-refractivity contribution is -0.144. The largest absolute Gasteiger partial charge is 0.451 e. The first-order valence-electron chi connectivity index (χ1n) is 7.13. The van der Waals surface area contributed by atoms with Crippen LogP contribution in [-0.2, 0) is 12.7 Å². The van der Waals surface area contributed by atoms with Crippen molar-refractivity contribution in [2.24, 2.45) is 0 Å². The van der Waals surface area contributed by atoms with Gasteiger partial charge in [-0.1, -0.05) is 0 Å². The molecule has 8 heteroatoms. The van der Waals surface area contributed by atoms with Crippen LogP contribution in [0.25, 0.3) is 10.2 Å². The summed E-state index contributed by atoms with van der Waals surface area (Å²) in [5.41, 5.74) is 0. The Hall–Kier alpha value is -2.09. The van der Waals surface area contributed by atoms with Gasteiger partial charge in [-0.25, -0.2) is 9.97 Å². The molecule has 0 aliphatic rings. The van der Waals surface area contributed by atoms with Crippen LogP contribution in [0.5, 0.6) is 0 Å². The number of hydrogen-bond acceptors (Lipinski definition) is 4. The Kier molecular flexibility index (Phi) is 4.25. The van der Waals surface area contributed by atoms with Crippen molar-refractivity contribution >= 4 is 27.4 Å². The Labute approximate surface area is 135 Å². The molecule has 23 heavy (non-hydrogen) atoms. The molecule has 0 bridgehead atoms. The van der Waals surface area contributed by atoms with Gasteiger partial charge >= 0.3 is 6.18 Å². The number of nitrogens with one attached hydrogen (secondary N) is 1. The van der Waals surface area contributed by atoms with E-state index in [1.807, 2.05) is 42.1 Å². The SMILES string of the molecule is Cc1cc2c(NCCCn3cccc3)nc(C(F)(F)F)nc2s1. The summed E-state index contributed by atoms with van der Waals surface area (Å²) in [5, 5.41) is 3.66. The van der Waals surface area contributed by atoms with Gasteiger partial charge in [0.15, 0.2) is 0 Å². The van der Waals surface area contributed by atoms with Gasteiger partial charge in [0.05, 0.1) is 5.39 Å². The maximum Gasteiger partial charge on any atom is 0.451 e. The number of halogens is 3. The number of thiophene rings is 1. The van der Waals surface area contributed by atoms with E-state index in [4.69, 9.17) is 0 Å². The number of rotatable bonds is 5. The Balaban J connectivity index is 1.78. The van der Waals surface area contributed by atoms with Gasteiger partial charge in [-0.05, 0) is 31.5 Å². The smallest absolute Gasteiger partial charge is 0.369 e. The van der Waals surface area contributed by atoms with Crippen molar-refractivity contribution in [3.63, 3.8) is 0 Å². The fourth-order valence-electron chi connectivity index (χ4n) is 2.29. The summed E-state index contributed by atoms with van der Waals surface area (Å²) in [6, 6.07) is 5.69. The lowest BCUT2D eigenvalue weighted by Gasteiger charge is -2.10. The topological polar surface area (TPSA) is 42.7 Å². The molecule has 3 aromatic heterocycles. The van der Waals surface area contributed by atoms with Crippen molar-refractivity contribution in [1.29, 1.82) is 0 Å². The van der Waals surface area contributed by atoms with Gasteiger partial charge in [-0.2, -0.15) is 13.2 Å².